The van der Waals surface area contributed by atoms with Crippen LogP contribution < -0.4 is 9.47 Å². The number of amidine groups is 2. The molecule has 1 fully saturated rings. The number of hydrogen-bond acceptors (Lipinski definition) is 14. The Kier molecular flexibility index (Phi) is 13.9. The Bertz CT molecular complexity index is 2420. The van der Waals surface area contributed by atoms with Gasteiger partial charge in [-0.05, 0) is 78.7 Å². The average molecular weight is 840 g/mol. The Morgan fingerprint density at radius 3 is 1.67 bits per heavy atom. The van der Waals surface area contributed by atoms with Crippen LogP contribution in [0.15, 0.2) is 114 Å². The van der Waals surface area contributed by atoms with E-state index in [1.54, 1.807) is 84.2 Å². The Morgan fingerprint density at radius 2 is 1.19 bits per heavy atom. The van der Waals surface area contributed by atoms with Crippen LogP contribution in [0.2, 0.25) is 0 Å². The molecule has 0 spiro atoms. The van der Waals surface area contributed by atoms with E-state index in [1.807, 2.05) is 6.92 Å². The minimum Gasteiger partial charge on any atom is -0.504 e. The molecule has 0 radical (unpaired) electrons. The minimum absolute atomic E-state index is 0. The molecule has 57 heavy (non-hydrogen) atoms. The molecule has 3 heterocycles. The van der Waals surface area contributed by atoms with Crippen molar-refractivity contribution in [3.8, 4) is 23.0 Å². The van der Waals surface area contributed by atoms with Crippen molar-refractivity contribution < 1.29 is 41.3 Å². The first-order valence-corrected chi connectivity index (χ1v) is 20.4. The lowest BCUT2D eigenvalue weighted by molar-refractivity contribution is 0.0360. The predicted molar refractivity (Wildman–Crippen MR) is 218 cm³/mol. The zero-order chi connectivity index (χ0) is 39.9. The number of fused-ring (bicyclic) bond motifs is 2. The van der Waals surface area contributed by atoms with E-state index in [0.717, 1.165) is 13.1 Å². The van der Waals surface area contributed by atoms with Crippen LogP contribution in [-0.4, -0.2) is 126 Å². The second-order valence-electron chi connectivity index (χ2n) is 12.4. The van der Waals surface area contributed by atoms with Crippen molar-refractivity contribution in [3.05, 3.63) is 107 Å². The number of morpholine rings is 1. The molecular formula is C38H42ClN7O9S2. The van der Waals surface area contributed by atoms with Gasteiger partial charge in [-0.2, -0.15) is 27.0 Å². The van der Waals surface area contributed by atoms with Gasteiger partial charge in [0.25, 0.3) is 20.0 Å². The Labute approximate surface area is 337 Å². The number of aromatic hydroxyl groups is 2. The van der Waals surface area contributed by atoms with Crippen LogP contribution in [0.5, 0.6) is 23.0 Å². The van der Waals surface area contributed by atoms with Gasteiger partial charge in [-0.3, -0.25) is 4.90 Å². The largest absolute Gasteiger partial charge is 0.504 e. The summed E-state index contributed by atoms with van der Waals surface area (Å²) in [7, 11) is -4.51. The van der Waals surface area contributed by atoms with Gasteiger partial charge in [-0.15, -0.1) is 21.2 Å². The van der Waals surface area contributed by atoms with Gasteiger partial charge >= 0.3 is 0 Å². The fourth-order valence-electron chi connectivity index (χ4n) is 5.94. The molecule has 302 valence electrons. The number of hydrogen-bond donors (Lipinski definition) is 2. The first kappa shape index (κ1) is 42.6. The Morgan fingerprint density at radius 1 is 0.737 bits per heavy atom. The molecule has 0 unspecified atom stereocenters. The van der Waals surface area contributed by atoms with Crippen LogP contribution >= 0.6 is 12.4 Å². The summed E-state index contributed by atoms with van der Waals surface area (Å²) in [6.07, 6.45) is 3.15. The van der Waals surface area contributed by atoms with Gasteiger partial charge in [0, 0.05) is 37.3 Å². The number of phenolic OH excluding ortho intramolecular Hbond substituents is 2. The van der Waals surface area contributed by atoms with Gasteiger partial charge in [0.2, 0.25) is 0 Å². The lowest BCUT2D eigenvalue weighted by atomic mass is 10.2. The maximum Gasteiger partial charge on any atom is 0.285 e. The molecule has 0 aliphatic carbocycles. The summed E-state index contributed by atoms with van der Waals surface area (Å²) in [5.41, 5.74) is 2.46. The van der Waals surface area contributed by atoms with Crippen LogP contribution in [0.3, 0.4) is 0 Å². The van der Waals surface area contributed by atoms with Crippen molar-refractivity contribution >= 4 is 56.6 Å². The molecule has 0 saturated carbocycles. The number of hydrazone groups is 2. The van der Waals surface area contributed by atoms with E-state index in [0.29, 0.717) is 78.3 Å². The number of halogens is 1. The highest BCUT2D eigenvalue weighted by Crippen LogP contribution is 2.30. The highest BCUT2D eigenvalue weighted by Gasteiger charge is 2.33. The molecule has 1 saturated heterocycles. The van der Waals surface area contributed by atoms with E-state index in [1.165, 1.54) is 37.4 Å². The average Bonchev–Trinajstić information content (AvgIpc) is 3.65. The molecule has 0 atom stereocenters. The van der Waals surface area contributed by atoms with Gasteiger partial charge in [0.1, 0.15) is 9.79 Å². The molecule has 4 aromatic carbocycles. The van der Waals surface area contributed by atoms with Gasteiger partial charge in [0.05, 0.1) is 46.4 Å². The van der Waals surface area contributed by atoms with Crippen LogP contribution in [0.1, 0.15) is 29.2 Å². The molecule has 2 N–H and O–H groups in total. The maximum atomic E-state index is 12.5. The van der Waals surface area contributed by atoms with Gasteiger partial charge in [0.15, 0.2) is 34.7 Å². The van der Waals surface area contributed by atoms with E-state index in [-0.39, 0.29) is 33.7 Å². The van der Waals surface area contributed by atoms with Gasteiger partial charge in [-0.25, -0.2) is 10.0 Å². The molecule has 0 amide bonds. The maximum absolute atomic E-state index is 12.5. The molecule has 16 nitrogen and oxygen atoms in total. The van der Waals surface area contributed by atoms with Crippen LogP contribution in [-0.2, 0) is 24.8 Å². The third-order valence-corrected chi connectivity index (χ3v) is 11.5. The monoisotopic (exact) mass is 839 g/mol. The number of methoxy groups -OCH3 is 2. The lowest BCUT2D eigenvalue weighted by Crippen LogP contribution is -2.41. The molecule has 7 rings (SSSR count). The van der Waals surface area contributed by atoms with Crippen molar-refractivity contribution in [3.63, 3.8) is 0 Å². The van der Waals surface area contributed by atoms with E-state index < -0.39 is 20.0 Å². The number of rotatable bonds is 10. The molecule has 19 heteroatoms. The molecule has 3 aliphatic rings. The van der Waals surface area contributed by atoms with Crippen LogP contribution in [0, 0.1) is 0 Å². The summed E-state index contributed by atoms with van der Waals surface area (Å²) < 4.78 is 72.9. The molecule has 0 bridgehead atoms. The lowest BCUT2D eigenvalue weighted by Gasteiger charge is -2.28. The van der Waals surface area contributed by atoms with E-state index >= 15 is 0 Å². The van der Waals surface area contributed by atoms with Crippen molar-refractivity contribution in [2.45, 2.75) is 16.7 Å². The summed E-state index contributed by atoms with van der Waals surface area (Å²) in [4.78, 5) is 2.61. The zero-order valence-electron chi connectivity index (χ0n) is 31.3. The van der Waals surface area contributed by atoms with Gasteiger partial charge < -0.3 is 24.4 Å². The predicted octanol–water partition coefficient (Wildman–Crippen LogP) is 4.15. The third kappa shape index (κ3) is 9.89. The molecular weight excluding hydrogens is 798 g/mol. The smallest absolute Gasteiger partial charge is 0.285 e. The highest BCUT2D eigenvalue weighted by atomic mass is 35.5. The number of phenols is 2. The summed E-state index contributed by atoms with van der Waals surface area (Å²) in [5, 5.41) is 31.4. The summed E-state index contributed by atoms with van der Waals surface area (Å²) in [6.45, 7) is 6.40. The van der Waals surface area contributed by atoms with E-state index in [4.69, 9.17) is 14.2 Å². The number of benzene rings is 4. The van der Waals surface area contributed by atoms with E-state index in [2.05, 4.69) is 23.9 Å². The topological polar surface area (TPSA) is 196 Å². The first-order valence-electron chi connectivity index (χ1n) is 17.5. The highest BCUT2D eigenvalue weighted by molar-refractivity contribution is 7.91. The Hall–Kier alpha value is -5.53. The molecule has 4 aromatic rings. The number of sulfonamides is 2. The zero-order valence-corrected chi connectivity index (χ0v) is 33.7. The quantitative estimate of drug-likeness (QED) is 0.171. The van der Waals surface area contributed by atoms with E-state index in [9.17, 15) is 27.0 Å². The number of ether oxygens (including phenoxy) is 3. The molecule has 0 aromatic heterocycles. The third-order valence-electron chi connectivity index (χ3n) is 8.85. The fourth-order valence-corrected chi connectivity index (χ4v) is 8.35. The van der Waals surface area contributed by atoms with Crippen molar-refractivity contribution in [1.29, 1.82) is 0 Å². The van der Waals surface area contributed by atoms with Crippen molar-refractivity contribution in [1.82, 2.24) is 14.9 Å². The summed E-state index contributed by atoms with van der Waals surface area (Å²) in [6, 6.07) is 23.1. The first-order chi connectivity index (χ1) is 26.9. The van der Waals surface area contributed by atoms with Gasteiger partial charge in [-0.1, -0.05) is 24.3 Å². The summed E-state index contributed by atoms with van der Waals surface area (Å²) >= 11 is 0. The van der Waals surface area contributed by atoms with Crippen molar-refractivity contribution in [2.75, 3.05) is 60.2 Å². The van der Waals surface area contributed by atoms with Crippen LogP contribution in [0.25, 0.3) is 0 Å². The number of nitrogens with zero attached hydrogens (tertiary/aromatic N) is 7. The van der Waals surface area contributed by atoms with Crippen LogP contribution in [0.4, 0.5) is 0 Å². The molecule has 3 aliphatic heterocycles. The standard InChI is InChI=1S/C21H24N4O5S.C17H17N3O4S.ClH/c1-29-19-14-16(6-7-18(19)26)15-22-25(9-8-24-10-12-30-13-11-24)21-17-4-2-3-5-20(17)31(27,28)23-21;1-3-20(18-11-12-8-9-14(21)15(10-12)24-2)17-13-6-4-5-7-16(13)25(22,23)19-17;/h2-7,14-15,26H,8-13H2,1H3;4-11,21H,3H2,1-2H3;1H. The second kappa shape index (κ2) is 18.6. The minimum atomic E-state index is -3.76. The normalized spacial score (nSPS) is 16.4. The fraction of sp³-hybridized carbons (Fsp3) is 0.263. The summed E-state index contributed by atoms with van der Waals surface area (Å²) in [5.74, 6) is 1.32. The SMILES string of the molecule is CCN(N=Cc1ccc(O)c(OC)c1)C1=NS(=O)(=O)c2ccccc21.COc1cc(C=NN(CCN2CCOCC2)C2=NS(=O)(=O)c3ccccc32)ccc1O.Cl. The Balaban J connectivity index is 0.000000219. The van der Waals surface area contributed by atoms with Crippen molar-refractivity contribution in [2.24, 2.45) is 19.0 Å². The second-order valence-corrected chi connectivity index (χ2v) is 15.6.